The monoisotopic (exact) mass is 415 g/mol. The molecule has 3 heterocycles. The molecule has 2 N–H and O–H groups in total. The Morgan fingerprint density at radius 1 is 1.24 bits per heavy atom. The number of urea groups is 1. The molecule has 29 heavy (non-hydrogen) atoms. The van der Waals surface area contributed by atoms with Crippen LogP contribution in [0.4, 0.5) is 10.5 Å². The van der Waals surface area contributed by atoms with Crippen LogP contribution >= 0.6 is 11.3 Å². The fraction of sp³-hybridized carbons (Fsp3) is 0.500. The van der Waals surface area contributed by atoms with Gasteiger partial charge in [0.1, 0.15) is 12.4 Å². The summed E-state index contributed by atoms with van der Waals surface area (Å²) >= 11 is 1.68. The lowest BCUT2D eigenvalue weighted by Crippen LogP contribution is -2.48. The van der Waals surface area contributed by atoms with Crippen LogP contribution in [0.2, 0.25) is 0 Å². The molecule has 156 valence electrons. The first-order valence-corrected chi connectivity index (χ1v) is 11.3. The predicted molar refractivity (Wildman–Crippen MR) is 116 cm³/mol. The van der Waals surface area contributed by atoms with Gasteiger partial charge in [-0.25, -0.2) is 4.79 Å². The number of carbonyl (C=O) groups excluding carboxylic acids is 1. The van der Waals surface area contributed by atoms with Crippen LogP contribution in [-0.4, -0.2) is 49.8 Å². The summed E-state index contributed by atoms with van der Waals surface area (Å²) in [4.78, 5) is 16.1. The standard InChI is InChI=1S/C22H29N3O3S/c26-22(23-14-21(17-9-12-27-15-17)25-10-1-2-11-25)24-18-5-7-19(8-6-18)28-16-20-4-3-13-29-20/h3-8,13,17,21H,1-2,9-12,14-16H2,(H2,23,24,26)/t17-,21+/m0/s1. The molecule has 2 aliphatic heterocycles. The Bertz CT molecular complexity index is 738. The van der Waals surface area contributed by atoms with Gasteiger partial charge in [-0.2, -0.15) is 0 Å². The number of rotatable bonds is 8. The van der Waals surface area contributed by atoms with Crippen molar-refractivity contribution in [1.29, 1.82) is 0 Å². The molecule has 0 radical (unpaired) electrons. The van der Waals surface area contributed by atoms with Crippen LogP contribution in [0.5, 0.6) is 5.75 Å². The predicted octanol–water partition coefficient (Wildman–Crippen LogP) is 3.95. The molecule has 2 saturated heterocycles. The Hall–Kier alpha value is -2.09. The molecule has 7 heteroatoms. The molecule has 0 unspecified atom stereocenters. The van der Waals surface area contributed by atoms with Gasteiger partial charge in [0, 0.05) is 35.7 Å². The van der Waals surface area contributed by atoms with Gasteiger partial charge in [0.15, 0.2) is 0 Å². The van der Waals surface area contributed by atoms with E-state index in [0.717, 1.165) is 44.2 Å². The van der Waals surface area contributed by atoms with Crippen LogP contribution in [-0.2, 0) is 11.3 Å². The van der Waals surface area contributed by atoms with Crippen molar-refractivity contribution in [2.24, 2.45) is 5.92 Å². The smallest absolute Gasteiger partial charge is 0.319 e. The van der Waals surface area contributed by atoms with Crippen LogP contribution in [0.1, 0.15) is 24.1 Å². The van der Waals surface area contributed by atoms with Gasteiger partial charge >= 0.3 is 6.03 Å². The van der Waals surface area contributed by atoms with E-state index in [1.165, 1.54) is 17.7 Å². The minimum absolute atomic E-state index is 0.166. The number of hydrogen-bond acceptors (Lipinski definition) is 5. The first-order valence-electron chi connectivity index (χ1n) is 10.4. The van der Waals surface area contributed by atoms with Crippen molar-refractivity contribution in [3.05, 3.63) is 46.7 Å². The molecular formula is C22H29N3O3S. The van der Waals surface area contributed by atoms with E-state index in [2.05, 4.69) is 21.6 Å². The average molecular weight is 416 g/mol. The Labute approximate surface area is 176 Å². The van der Waals surface area contributed by atoms with E-state index in [0.29, 0.717) is 25.1 Å². The van der Waals surface area contributed by atoms with Crippen molar-refractivity contribution in [3.8, 4) is 5.75 Å². The van der Waals surface area contributed by atoms with E-state index in [1.807, 2.05) is 35.7 Å². The Balaban J connectivity index is 1.25. The summed E-state index contributed by atoms with van der Waals surface area (Å²) in [5.74, 6) is 1.30. The third-order valence-corrected chi connectivity index (χ3v) is 6.51. The molecule has 0 saturated carbocycles. The van der Waals surface area contributed by atoms with Crippen molar-refractivity contribution in [2.75, 3.05) is 38.2 Å². The lowest BCUT2D eigenvalue weighted by atomic mass is 9.97. The number of nitrogens with one attached hydrogen (secondary N) is 2. The number of amides is 2. The second-order valence-electron chi connectivity index (χ2n) is 7.66. The molecule has 2 atom stereocenters. The van der Waals surface area contributed by atoms with E-state index in [9.17, 15) is 4.79 Å². The normalized spacial score (nSPS) is 20.5. The molecule has 1 aromatic heterocycles. The molecule has 2 fully saturated rings. The average Bonchev–Trinajstić information content (AvgIpc) is 3.51. The number of ether oxygens (including phenoxy) is 2. The van der Waals surface area contributed by atoms with Crippen LogP contribution in [0.15, 0.2) is 41.8 Å². The third kappa shape index (κ3) is 5.72. The second-order valence-corrected chi connectivity index (χ2v) is 8.69. The zero-order chi connectivity index (χ0) is 19.9. The minimum atomic E-state index is -0.166. The molecule has 1 aromatic carbocycles. The molecule has 2 aliphatic rings. The molecule has 2 aromatic rings. The largest absolute Gasteiger partial charge is 0.488 e. The highest BCUT2D eigenvalue weighted by atomic mass is 32.1. The molecule has 0 aliphatic carbocycles. The third-order valence-electron chi connectivity index (χ3n) is 5.66. The Morgan fingerprint density at radius 2 is 2.07 bits per heavy atom. The van der Waals surface area contributed by atoms with Crippen molar-refractivity contribution in [3.63, 3.8) is 0 Å². The van der Waals surface area contributed by atoms with Crippen LogP contribution in [0, 0.1) is 5.92 Å². The summed E-state index contributed by atoms with van der Waals surface area (Å²) in [5.41, 5.74) is 0.757. The van der Waals surface area contributed by atoms with Gasteiger partial charge in [-0.15, -0.1) is 11.3 Å². The number of hydrogen-bond donors (Lipinski definition) is 2. The van der Waals surface area contributed by atoms with Gasteiger partial charge in [0.05, 0.1) is 6.61 Å². The fourth-order valence-electron chi connectivity index (χ4n) is 4.08. The zero-order valence-corrected chi connectivity index (χ0v) is 17.5. The topological polar surface area (TPSA) is 62.8 Å². The van der Waals surface area contributed by atoms with Gasteiger partial charge in [-0.1, -0.05) is 6.07 Å². The van der Waals surface area contributed by atoms with E-state index in [4.69, 9.17) is 9.47 Å². The van der Waals surface area contributed by atoms with E-state index >= 15 is 0 Å². The summed E-state index contributed by atoms with van der Waals surface area (Å²) in [6.45, 7) is 5.10. The Morgan fingerprint density at radius 3 is 2.76 bits per heavy atom. The number of carbonyl (C=O) groups is 1. The molecule has 6 nitrogen and oxygen atoms in total. The second kappa shape index (κ2) is 10.1. The molecule has 2 amide bonds. The van der Waals surface area contributed by atoms with Crippen molar-refractivity contribution >= 4 is 23.1 Å². The van der Waals surface area contributed by atoms with Crippen LogP contribution < -0.4 is 15.4 Å². The van der Waals surface area contributed by atoms with E-state index in [-0.39, 0.29) is 6.03 Å². The summed E-state index contributed by atoms with van der Waals surface area (Å²) in [5, 5.41) is 8.03. The lowest BCUT2D eigenvalue weighted by Gasteiger charge is -2.31. The Kier molecular flexibility index (Phi) is 7.03. The summed E-state index contributed by atoms with van der Waals surface area (Å²) < 4.78 is 11.4. The number of thiophene rings is 1. The highest BCUT2D eigenvalue weighted by Crippen LogP contribution is 2.24. The SMILES string of the molecule is O=C(NC[C@H]([C@H]1CCOC1)N1CCCC1)Nc1ccc(OCc2cccs2)cc1. The zero-order valence-electron chi connectivity index (χ0n) is 16.6. The maximum absolute atomic E-state index is 12.4. The first-order chi connectivity index (χ1) is 14.3. The quantitative estimate of drug-likeness (QED) is 0.685. The maximum Gasteiger partial charge on any atom is 0.319 e. The van der Waals surface area contributed by atoms with E-state index < -0.39 is 0 Å². The van der Waals surface area contributed by atoms with Crippen molar-refractivity contribution < 1.29 is 14.3 Å². The van der Waals surface area contributed by atoms with Gasteiger partial charge in [0.25, 0.3) is 0 Å². The van der Waals surface area contributed by atoms with Crippen LogP contribution in [0.3, 0.4) is 0 Å². The summed E-state index contributed by atoms with van der Waals surface area (Å²) in [7, 11) is 0. The van der Waals surface area contributed by atoms with Gasteiger partial charge in [-0.05, 0) is 68.1 Å². The summed E-state index contributed by atoms with van der Waals surface area (Å²) in [6, 6.07) is 11.8. The number of nitrogens with zero attached hydrogens (tertiary/aromatic N) is 1. The number of benzene rings is 1. The van der Waals surface area contributed by atoms with Crippen LogP contribution in [0.25, 0.3) is 0 Å². The number of anilines is 1. The highest BCUT2D eigenvalue weighted by Gasteiger charge is 2.32. The van der Waals surface area contributed by atoms with Crippen molar-refractivity contribution in [1.82, 2.24) is 10.2 Å². The van der Waals surface area contributed by atoms with Crippen molar-refractivity contribution in [2.45, 2.75) is 31.9 Å². The van der Waals surface area contributed by atoms with E-state index in [1.54, 1.807) is 11.3 Å². The maximum atomic E-state index is 12.4. The fourth-order valence-corrected chi connectivity index (χ4v) is 4.70. The highest BCUT2D eigenvalue weighted by molar-refractivity contribution is 7.09. The molecule has 4 rings (SSSR count). The number of likely N-dealkylation sites (tertiary alicyclic amines) is 1. The molecule has 0 spiro atoms. The van der Waals surface area contributed by atoms with Gasteiger partial charge < -0.3 is 20.1 Å². The summed E-state index contributed by atoms with van der Waals surface area (Å²) in [6.07, 6.45) is 3.58. The minimum Gasteiger partial charge on any atom is -0.488 e. The van der Waals surface area contributed by atoms with Gasteiger partial charge in [0.2, 0.25) is 0 Å². The lowest BCUT2D eigenvalue weighted by molar-refractivity contribution is 0.135. The molecule has 0 bridgehead atoms. The molecular weight excluding hydrogens is 386 g/mol. The first kappa shape index (κ1) is 20.2. The van der Waals surface area contributed by atoms with Gasteiger partial charge in [-0.3, -0.25) is 4.90 Å².